The Labute approximate surface area is 99.6 Å². The highest BCUT2D eigenvalue weighted by atomic mass is 16.2. The van der Waals surface area contributed by atoms with Gasteiger partial charge in [-0.05, 0) is 5.56 Å². The number of amides is 2. The van der Waals surface area contributed by atoms with Crippen LogP contribution in [0.3, 0.4) is 0 Å². The van der Waals surface area contributed by atoms with E-state index >= 15 is 0 Å². The molecule has 0 unspecified atom stereocenters. The van der Waals surface area contributed by atoms with E-state index in [0.717, 1.165) is 5.56 Å². The molecular weight excluding hydrogens is 218 g/mol. The first-order valence-corrected chi connectivity index (χ1v) is 5.54. The molecule has 17 heavy (non-hydrogen) atoms. The van der Waals surface area contributed by atoms with E-state index in [1.165, 1.54) is 4.90 Å². The zero-order chi connectivity index (χ0) is 12.3. The molecule has 90 valence electrons. The van der Waals surface area contributed by atoms with Crippen LogP contribution in [0.4, 0.5) is 0 Å². The molecule has 0 spiro atoms. The maximum absolute atomic E-state index is 12.1. The maximum atomic E-state index is 12.1. The fraction of sp³-hybridized carbons (Fsp3) is 0.333. The van der Waals surface area contributed by atoms with Crippen molar-refractivity contribution in [1.29, 1.82) is 0 Å². The third-order valence-electron chi connectivity index (χ3n) is 2.77. The molecule has 1 heterocycles. The number of nitrogens with two attached hydrogens (primary N) is 1. The van der Waals surface area contributed by atoms with Gasteiger partial charge in [-0.15, -0.1) is 0 Å². The number of nitrogens with zero attached hydrogens (tertiary/aromatic N) is 1. The molecule has 1 atom stereocenters. The Morgan fingerprint density at radius 1 is 1.35 bits per heavy atom. The Hall–Kier alpha value is -1.88. The van der Waals surface area contributed by atoms with Gasteiger partial charge in [-0.1, -0.05) is 30.3 Å². The minimum absolute atomic E-state index is 0.0966. The highest BCUT2D eigenvalue weighted by Gasteiger charge is 2.26. The highest BCUT2D eigenvalue weighted by Crippen LogP contribution is 2.13. The molecule has 1 aliphatic rings. The minimum Gasteiger partial charge on any atom is -0.353 e. The third kappa shape index (κ3) is 2.62. The molecule has 1 aliphatic heterocycles. The van der Waals surface area contributed by atoms with Crippen molar-refractivity contribution in [2.75, 3.05) is 19.6 Å². The van der Waals surface area contributed by atoms with Crippen molar-refractivity contribution in [2.24, 2.45) is 5.73 Å². The summed E-state index contributed by atoms with van der Waals surface area (Å²) in [4.78, 5) is 24.8. The van der Waals surface area contributed by atoms with E-state index in [1.54, 1.807) is 0 Å². The standard InChI is InChI=1S/C12H15N3O2/c13-11(9-4-2-1-3-5-9)12(17)15-7-6-14-10(16)8-15/h1-5,11H,6-8,13H2,(H,14,16)/t11-/m0/s1. The molecule has 1 aromatic rings. The Kier molecular flexibility index (Phi) is 3.39. The zero-order valence-electron chi connectivity index (χ0n) is 9.43. The summed E-state index contributed by atoms with van der Waals surface area (Å²) in [5.41, 5.74) is 6.66. The Morgan fingerprint density at radius 2 is 2.06 bits per heavy atom. The number of rotatable bonds is 2. The summed E-state index contributed by atoms with van der Waals surface area (Å²) in [6.45, 7) is 1.11. The number of hydrogen-bond acceptors (Lipinski definition) is 3. The second kappa shape index (κ2) is 4.97. The number of carbonyl (C=O) groups is 2. The summed E-state index contributed by atoms with van der Waals surface area (Å²) < 4.78 is 0. The SMILES string of the molecule is N[C@H](C(=O)N1CCNC(=O)C1)c1ccccc1. The molecule has 3 N–H and O–H groups in total. The van der Waals surface area contributed by atoms with Gasteiger partial charge >= 0.3 is 0 Å². The lowest BCUT2D eigenvalue weighted by atomic mass is 10.1. The lowest BCUT2D eigenvalue weighted by Crippen LogP contribution is -2.52. The molecule has 5 heteroatoms. The first kappa shape index (κ1) is 11.6. The molecule has 0 aromatic heterocycles. The molecule has 0 radical (unpaired) electrons. The second-order valence-electron chi connectivity index (χ2n) is 4.00. The number of nitrogens with one attached hydrogen (secondary N) is 1. The summed E-state index contributed by atoms with van der Waals surface area (Å²) in [5, 5.41) is 2.67. The summed E-state index contributed by atoms with van der Waals surface area (Å²) in [5.74, 6) is -0.337. The summed E-state index contributed by atoms with van der Waals surface area (Å²) in [7, 11) is 0. The van der Waals surface area contributed by atoms with Gasteiger partial charge in [-0.25, -0.2) is 0 Å². The van der Waals surface area contributed by atoms with Gasteiger partial charge in [0.1, 0.15) is 6.04 Å². The van der Waals surface area contributed by atoms with Crippen LogP contribution in [0.15, 0.2) is 30.3 Å². The van der Waals surface area contributed by atoms with Crippen molar-refractivity contribution in [3.05, 3.63) is 35.9 Å². The van der Waals surface area contributed by atoms with Crippen molar-refractivity contribution in [3.8, 4) is 0 Å². The molecule has 2 amide bonds. The number of hydrogen-bond donors (Lipinski definition) is 2. The largest absolute Gasteiger partial charge is 0.353 e. The fourth-order valence-corrected chi connectivity index (χ4v) is 1.83. The average molecular weight is 233 g/mol. The van der Waals surface area contributed by atoms with Gasteiger partial charge in [0.25, 0.3) is 0 Å². The van der Waals surface area contributed by atoms with Crippen molar-refractivity contribution < 1.29 is 9.59 Å². The number of carbonyl (C=O) groups excluding carboxylic acids is 2. The summed E-state index contributed by atoms with van der Waals surface area (Å²) >= 11 is 0. The van der Waals surface area contributed by atoms with E-state index in [0.29, 0.717) is 13.1 Å². The van der Waals surface area contributed by atoms with Crippen LogP contribution in [0.2, 0.25) is 0 Å². The van der Waals surface area contributed by atoms with Crippen LogP contribution in [-0.4, -0.2) is 36.3 Å². The van der Waals surface area contributed by atoms with E-state index in [4.69, 9.17) is 5.73 Å². The van der Waals surface area contributed by atoms with Gasteiger partial charge < -0.3 is 16.0 Å². The quantitative estimate of drug-likeness (QED) is 0.732. The number of benzene rings is 1. The van der Waals surface area contributed by atoms with Crippen LogP contribution in [0.25, 0.3) is 0 Å². The normalized spacial score (nSPS) is 17.5. The molecule has 0 aliphatic carbocycles. The first-order valence-electron chi connectivity index (χ1n) is 5.54. The van der Waals surface area contributed by atoms with Crippen LogP contribution in [0, 0.1) is 0 Å². The highest BCUT2D eigenvalue weighted by molar-refractivity contribution is 5.89. The van der Waals surface area contributed by atoms with Crippen LogP contribution in [0.1, 0.15) is 11.6 Å². The van der Waals surface area contributed by atoms with Crippen molar-refractivity contribution in [2.45, 2.75) is 6.04 Å². The van der Waals surface area contributed by atoms with Crippen LogP contribution >= 0.6 is 0 Å². The minimum atomic E-state index is -0.693. The number of piperazine rings is 1. The van der Waals surface area contributed by atoms with E-state index in [1.807, 2.05) is 30.3 Å². The molecular formula is C12H15N3O2. The van der Waals surface area contributed by atoms with Crippen molar-refractivity contribution >= 4 is 11.8 Å². The predicted molar refractivity (Wildman–Crippen MR) is 63.0 cm³/mol. The molecule has 0 saturated carbocycles. The predicted octanol–water partition coefficient (Wildman–Crippen LogP) is -0.355. The van der Waals surface area contributed by atoms with Crippen LogP contribution < -0.4 is 11.1 Å². The average Bonchev–Trinajstić information content (AvgIpc) is 2.38. The van der Waals surface area contributed by atoms with Gasteiger partial charge in [0, 0.05) is 13.1 Å². The Morgan fingerprint density at radius 3 is 2.71 bits per heavy atom. The van der Waals surface area contributed by atoms with Crippen molar-refractivity contribution in [1.82, 2.24) is 10.2 Å². The second-order valence-corrected chi connectivity index (χ2v) is 4.00. The summed E-state index contributed by atoms with van der Waals surface area (Å²) in [6, 6.07) is 8.48. The Bertz CT molecular complexity index is 419. The van der Waals surface area contributed by atoms with E-state index in [9.17, 15) is 9.59 Å². The van der Waals surface area contributed by atoms with Gasteiger partial charge in [0.15, 0.2) is 0 Å². The van der Waals surface area contributed by atoms with Gasteiger partial charge in [-0.2, -0.15) is 0 Å². The van der Waals surface area contributed by atoms with Gasteiger partial charge in [0.2, 0.25) is 11.8 Å². The lowest BCUT2D eigenvalue weighted by molar-refractivity contribution is -0.139. The molecule has 0 bridgehead atoms. The lowest BCUT2D eigenvalue weighted by Gasteiger charge is -2.29. The smallest absolute Gasteiger partial charge is 0.244 e. The topological polar surface area (TPSA) is 75.4 Å². The van der Waals surface area contributed by atoms with Gasteiger partial charge in [0.05, 0.1) is 6.54 Å². The third-order valence-corrected chi connectivity index (χ3v) is 2.77. The molecule has 1 fully saturated rings. The fourth-order valence-electron chi connectivity index (χ4n) is 1.83. The molecule has 1 aromatic carbocycles. The first-order chi connectivity index (χ1) is 8.18. The molecule has 5 nitrogen and oxygen atoms in total. The van der Waals surface area contributed by atoms with Crippen LogP contribution in [0.5, 0.6) is 0 Å². The van der Waals surface area contributed by atoms with E-state index in [-0.39, 0.29) is 18.4 Å². The zero-order valence-corrected chi connectivity index (χ0v) is 9.43. The monoisotopic (exact) mass is 233 g/mol. The maximum Gasteiger partial charge on any atom is 0.244 e. The van der Waals surface area contributed by atoms with Crippen molar-refractivity contribution in [3.63, 3.8) is 0 Å². The van der Waals surface area contributed by atoms with Gasteiger partial charge in [-0.3, -0.25) is 9.59 Å². The molecule has 1 saturated heterocycles. The van der Waals surface area contributed by atoms with Crippen LogP contribution in [-0.2, 0) is 9.59 Å². The summed E-state index contributed by atoms with van der Waals surface area (Å²) in [6.07, 6.45) is 0. The van der Waals surface area contributed by atoms with E-state index < -0.39 is 6.04 Å². The Balaban J connectivity index is 2.07. The van der Waals surface area contributed by atoms with E-state index in [2.05, 4.69) is 5.32 Å². The molecule has 2 rings (SSSR count).